The molecule has 1 N–H and O–H groups in total. The summed E-state index contributed by atoms with van der Waals surface area (Å²) < 4.78 is 5.56. The molecular formula is C13H25NO2. The van der Waals surface area contributed by atoms with E-state index in [9.17, 15) is 5.11 Å². The lowest BCUT2D eigenvalue weighted by Gasteiger charge is -2.47. The minimum absolute atomic E-state index is 0.0739. The van der Waals surface area contributed by atoms with Crippen molar-refractivity contribution in [3.8, 4) is 0 Å². The summed E-state index contributed by atoms with van der Waals surface area (Å²) in [6.45, 7) is 9.25. The van der Waals surface area contributed by atoms with Gasteiger partial charge in [-0.1, -0.05) is 20.3 Å². The fourth-order valence-corrected chi connectivity index (χ4v) is 3.12. The average Bonchev–Trinajstić information content (AvgIpc) is 2.22. The van der Waals surface area contributed by atoms with E-state index in [2.05, 4.69) is 25.7 Å². The minimum Gasteiger partial charge on any atom is -0.391 e. The van der Waals surface area contributed by atoms with Gasteiger partial charge in [0.15, 0.2) is 0 Å². The zero-order valence-electron chi connectivity index (χ0n) is 10.8. The Morgan fingerprint density at radius 3 is 2.81 bits per heavy atom. The first-order valence-corrected chi connectivity index (χ1v) is 6.54. The van der Waals surface area contributed by atoms with Crippen molar-refractivity contribution in [3.63, 3.8) is 0 Å². The maximum Gasteiger partial charge on any atom is 0.0746 e. The average molecular weight is 227 g/mol. The topological polar surface area (TPSA) is 32.7 Å². The Hall–Kier alpha value is -0.120. The van der Waals surface area contributed by atoms with E-state index < -0.39 is 0 Å². The normalized spacial score (nSPS) is 40.9. The summed E-state index contributed by atoms with van der Waals surface area (Å²) in [5, 5.41) is 10.5. The second-order valence-corrected chi connectivity index (χ2v) is 6.07. The number of ether oxygens (including phenoxy) is 1. The van der Waals surface area contributed by atoms with Gasteiger partial charge in [-0.05, 0) is 25.2 Å². The highest BCUT2D eigenvalue weighted by Gasteiger charge is 2.41. The Kier molecular flexibility index (Phi) is 3.57. The Morgan fingerprint density at radius 2 is 2.12 bits per heavy atom. The van der Waals surface area contributed by atoms with E-state index in [-0.39, 0.29) is 11.5 Å². The summed E-state index contributed by atoms with van der Waals surface area (Å²) in [6.07, 6.45) is 3.64. The zero-order valence-corrected chi connectivity index (χ0v) is 10.8. The number of hydrogen-bond acceptors (Lipinski definition) is 3. The van der Waals surface area contributed by atoms with Crippen molar-refractivity contribution in [2.75, 3.05) is 19.7 Å². The molecule has 2 aliphatic rings. The molecule has 3 nitrogen and oxygen atoms in total. The van der Waals surface area contributed by atoms with Crippen LogP contribution in [0.1, 0.15) is 40.0 Å². The molecule has 0 aromatic rings. The van der Waals surface area contributed by atoms with Crippen molar-refractivity contribution >= 4 is 0 Å². The van der Waals surface area contributed by atoms with Gasteiger partial charge >= 0.3 is 0 Å². The molecule has 0 bridgehead atoms. The summed E-state index contributed by atoms with van der Waals surface area (Å²) in [6, 6.07) is 0.343. The largest absolute Gasteiger partial charge is 0.391 e. The Labute approximate surface area is 98.8 Å². The van der Waals surface area contributed by atoms with Crippen LogP contribution in [0.5, 0.6) is 0 Å². The highest BCUT2D eigenvalue weighted by Crippen LogP contribution is 2.38. The van der Waals surface area contributed by atoms with Crippen LogP contribution in [0.3, 0.4) is 0 Å². The van der Waals surface area contributed by atoms with Crippen molar-refractivity contribution < 1.29 is 9.84 Å². The number of hydrogen-bond donors (Lipinski definition) is 1. The Balaban J connectivity index is 2.02. The number of morpholine rings is 1. The number of aliphatic hydroxyl groups is 1. The second-order valence-electron chi connectivity index (χ2n) is 6.07. The molecule has 0 spiro atoms. The van der Waals surface area contributed by atoms with Crippen molar-refractivity contribution in [2.24, 2.45) is 5.41 Å². The van der Waals surface area contributed by atoms with E-state index in [0.29, 0.717) is 12.1 Å². The maximum absolute atomic E-state index is 10.5. The summed E-state index contributed by atoms with van der Waals surface area (Å²) in [7, 11) is 0. The lowest BCUT2D eigenvalue weighted by molar-refractivity contribution is -0.0991. The summed E-state index contributed by atoms with van der Waals surface area (Å²) in [4.78, 5) is 2.43. The van der Waals surface area contributed by atoms with Crippen LogP contribution >= 0.6 is 0 Å². The molecule has 2 rings (SSSR count). The molecule has 0 amide bonds. The summed E-state index contributed by atoms with van der Waals surface area (Å²) in [5.74, 6) is 0. The van der Waals surface area contributed by atoms with Gasteiger partial charge in [0.1, 0.15) is 0 Å². The molecule has 0 aromatic heterocycles. The lowest BCUT2D eigenvalue weighted by Crippen LogP contribution is -2.56. The molecule has 1 heterocycles. The van der Waals surface area contributed by atoms with E-state index in [1.54, 1.807) is 0 Å². The third-order valence-corrected chi connectivity index (χ3v) is 4.23. The van der Waals surface area contributed by atoms with Gasteiger partial charge in [-0.2, -0.15) is 0 Å². The first-order chi connectivity index (χ1) is 7.50. The predicted molar refractivity (Wildman–Crippen MR) is 64.4 cm³/mol. The highest BCUT2D eigenvalue weighted by atomic mass is 16.5. The molecule has 94 valence electrons. The van der Waals surface area contributed by atoms with E-state index in [1.807, 2.05) is 0 Å². The van der Waals surface area contributed by atoms with Crippen LogP contribution in [0.2, 0.25) is 0 Å². The van der Waals surface area contributed by atoms with Crippen molar-refractivity contribution in [1.82, 2.24) is 4.90 Å². The predicted octanol–water partition coefficient (Wildman–Crippen LogP) is 1.65. The smallest absolute Gasteiger partial charge is 0.0746 e. The summed E-state index contributed by atoms with van der Waals surface area (Å²) >= 11 is 0. The first kappa shape index (κ1) is 12.3. The molecule has 2 fully saturated rings. The van der Waals surface area contributed by atoms with E-state index in [0.717, 1.165) is 32.5 Å². The number of aliphatic hydroxyl groups excluding tert-OH is 1. The van der Waals surface area contributed by atoms with Gasteiger partial charge in [-0.3, -0.25) is 4.90 Å². The molecule has 1 aliphatic carbocycles. The standard InChI is InChI=1S/C13H25NO2/c1-10-9-14(7-8-16-10)11-5-4-6-13(2,3)12(11)15/h10-12,15H,4-9H2,1-3H3. The fraction of sp³-hybridized carbons (Fsp3) is 1.00. The minimum atomic E-state index is -0.188. The van der Waals surface area contributed by atoms with Crippen LogP contribution in [-0.4, -0.2) is 48.0 Å². The molecule has 1 aliphatic heterocycles. The molecule has 0 aromatic carbocycles. The van der Waals surface area contributed by atoms with Gasteiger partial charge in [0, 0.05) is 19.1 Å². The number of rotatable bonds is 1. The lowest BCUT2D eigenvalue weighted by atomic mass is 9.72. The molecule has 3 heteroatoms. The van der Waals surface area contributed by atoms with Gasteiger partial charge in [-0.25, -0.2) is 0 Å². The van der Waals surface area contributed by atoms with Crippen LogP contribution in [0.4, 0.5) is 0 Å². The molecular weight excluding hydrogens is 202 g/mol. The van der Waals surface area contributed by atoms with Crippen molar-refractivity contribution in [3.05, 3.63) is 0 Å². The van der Waals surface area contributed by atoms with Crippen LogP contribution in [0.25, 0.3) is 0 Å². The van der Waals surface area contributed by atoms with Crippen molar-refractivity contribution in [2.45, 2.75) is 58.3 Å². The van der Waals surface area contributed by atoms with Gasteiger partial charge in [-0.15, -0.1) is 0 Å². The molecule has 16 heavy (non-hydrogen) atoms. The fourth-order valence-electron chi connectivity index (χ4n) is 3.12. The molecule has 1 saturated carbocycles. The first-order valence-electron chi connectivity index (χ1n) is 6.54. The molecule has 0 radical (unpaired) electrons. The van der Waals surface area contributed by atoms with Crippen LogP contribution < -0.4 is 0 Å². The Bertz CT molecular complexity index is 242. The van der Waals surface area contributed by atoms with Gasteiger partial charge < -0.3 is 9.84 Å². The molecule has 1 saturated heterocycles. The third-order valence-electron chi connectivity index (χ3n) is 4.23. The van der Waals surface area contributed by atoms with Crippen LogP contribution in [0, 0.1) is 5.41 Å². The zero-order chi connectivity index (χ0) is 11.8. The van der Waals surface area contributed by atoms with Gasteiger partial charge in [0.2, 0.25) is 0 Å². The highest BCUT2D eigenvalue weighted by molar-refractivity contribution is 4.94. The number of nitrogens with zero attached hydrogens (tertiary/aromatic N) is 1. The third kappa shape index (κ3) is 2.41. The van der Waals surface area contributed by atoms with Crippen molar-refractivity contribution in [1.29, 1.82) is 0 Å². The quantitative estimate of drug-likeness (QED) is 0.739. The van der Waals surface area contributed by atoms with Gasteiger partial charge in [0.25, 0.3) is 0 Å². The Morgan fingerprint density at radius 1 is 1.38 bits per heavy atom. The molecule has 3 unspecified atom stereocenters. The van der Waals surface area contributed by atoms with Crippen LogP contribution in [0.15, 0.2) is 0 Å². The van der Waals surface area contributed by atoms with E-state index in [4.69, 9.17) is 4.74 Å². The maximum atomic E-state index is 10.5. The second kappa shape index (κ2) is 4.63. The van der Waals surface area contributed by atoms with E-state index in [1.165, 1.54) is 6.42 Å². The summed E-state index contributed by atoms with van der Waals surface area (Å²) in [5.41, 5.74) is 0.0739. The van der Waals surface area contributed by atoms with Gasteiger partial charge in [0.05, 0.1) is 18.8 Å². The molecule has 3 atom stereocenters. The monoisotopic (exact) mass is 227 g/mol. The van der Waals surface area contributed by atoms with Crippen LogP contribution in [-0.2, 0) is 4.74 Å². The van der Waals surface area contributed by atoms with E-state index >= 15 is 0 Å². The SMILES string of the molecule is CC1CN(C2CCCC(C)(C)C2O)CCO1.